The lowest BCUT2D eigenvalue weighted by Crippen LogP contribution is -2.43. The molecule has 0 aliphatic carbocycles. The van der Waals surface area contributed by atoms with E-state index in [1.54, 1.807) is 24.1 Å². The van der Waals surface area contributed by atoms with Crippen LogP contribution in [-0.2, 0) is 11.8 Å². The van der Waals surface area contributed by atoms with Crippen molar-refractivity contribution >= 4 is 11.8 Å². The maximum Gasteiger partial charge on any atom is 0.260 e. The molecule has 0 spiro atoms. The van der Waals surface area contributed by atoms with Crippen molar-refractivity contribution in [1.82, 2.24) is 20.0 Å². The van der Waals surface area contributed by atoms with Gasteiger partial charge in [0.25, 0.3) is 11.8 Å². The summed E-state index contributed by atoms with van der Waals surface area (Å²) in [6.07, 6.45) is 5.02. The number of hydrogen-bond donors (Lipinski definition) is 1. The van der Waals surface area contributed by atoms with E-state index in [2.05, 4.69) is 36.4 Å². The summed E-state index contributed by atoms with van der Waals surface area (Å²) in [5.74, 6) is 1.43. The van der Waals surface area contributed by atoms with E-state index in [-0.39, 0.29) is 18.4 Å². The molecule has 0 radical (unpaired) electrons. The molecule has 0 bridgehead atoms. The monoisotopic (exact) mass is 412 g/mol. The van der Waals surface area contributed by atoms with E-state index in [4.69, 9.17) is 4.74 Å². The van der Waals surface area contributed by atoms with E-state index >= 15 is 0 Å². The molecule has 3 rings (SSSR count). The Morgan fingerprint density at radius 3 is 2.63 bits per heavy atom. The van der Waals surface area contributed by atoms with Gasteiger partial charge in [0.1, 0.15) is 5.75 Å². The molecule has 1 fully saturated rings. The van der Waals surface area contributed by atoms with Gasteiger partial charge in [-0.25, -0.2) is 0 Å². The Morgan fingerprint density at radius 1 is 1.27 bits per heavy atom. The second kappa shape index (κ2) is 9.78. The van der Waals surface area contributed by atoms with Crippen molar-refractivity contribution in [2.24, 2.45) is 13.0 Å². The van der Waals surface area contributed by atoms with Crippen molar-refractivity contribution in [2.45, 2.75) is 39.5 Å². The van der Waals surface area contributed by atoms with Crippen LogP contribution in [0.15, 0.2) is 30.6 Å². The number of nitrogens with zero attached hydrogens (tertiary/aromatic N) is 3. The van der Waals surface area contributed by atoms with Gasteiger partial charge in [0.05, 0.1) is 11.8 Å². The molecule has 2 aromatic rings. The Hall–Kier alpha value is -2.83. The topological polar surface area (TPSA) is 76.5 Å². The SMILES string of the molecule is Cc1ccc(C(C)C)c(OCC(=O)N2CCC(CNC(=O)c3cnn(C)c3)CC2)c1. The third-order valence-corrected chi connectivity index (χ3v) is 5.63. The molecule has 162 valence electrons. The van der Waals surface area contributed by atoms with Crippen LogP contribution in [0.4, 0.5) is 0 Å². The van der Waals surface area contributed by atoms with Gasteiger partial charge in [-0.15, -0.1) is 0 Å². The highest BCUT2D eigenvalue weighted by Crippen LogP contribution is 2.27. The predicted molar refractivity (Wildman–Crippen MR) is 116 cm³/mol. The molecular weight excluding hydrogens is 380 g/mol. The Labute approximate surface area is 178 Å². The number of benzene rings is 1. The van der Waals surface area contributed by atoms with Crippen molar-refractivity contribution in [3.63, 3.8) is 0 Å². The maximum absolute atomic E-state index is 12.6. The van der Waals surface area contributed by atoms with Crippen LogP contribution in [0.25, 0.3) is 0 Å². The first-order valence-corrected chi connectivity index (χ1v) is 10.6. The average molecular weight is 413 g/mol. The molecule has 0 saturated carbocycles. The lowest BCUT2D eigenvalue weighted by Gasteiger charge is -2.32. The second-order valence-corrected chi connectivity index (χ2v) is 8.42. The number of amides is 2. The van der Waals surface area contributed by atoms with Crippen LogP contribution in [0.2, 0.25) is 0 Å². The number of carbonyl (C=O) groups is 2. The standard InChI is InChI=1S/C23H32N4O3/c1-16(2)20-6-5-17(3)11-21(20)30-15-22(28)27-9-7-18(8-10-27)12-24-23(29)19-13-25-26(4)14-19/h5-6,11,13-14,16,18H,7-10,12,15H2,1-4H3,(H,24,29). The van der Waals surface area contributed by atoms with Gasteiger partial charge < -0.3 is 15.0 Å². The van der Waals surface area contributed by atoms with Gasteiger partial charge in [-0.1, -0.05) is 26.0 Å². The van der Waals surface area contributed by atoms with Gasteiger partial charge in [0.15, 0.2) is 6.61 Å². The summed E-state index contributed by atoms with van der Waals surface area (Å²) < 4.78 is 7.51. The van der Waals surface area contributed by atoms with Crippen molar-refractivity contribution in [2.75, 3.05) is 26.2 Å². The Morgan fingerprint density at radius 2 is 2.00 bits per heavy atom. The molecule has 1 aromatic heterocycles. The normalized spacial score (nSPS) is 14.8. The first-order chi connectivity index (χ1) is 14.3. The van der Waals surface area contributed by atoms with E-state index in [0.717, 1.165) is 29.7 Å². The lowest BCUT2D eigenvalue weighted by atomic mass is 9.96. The van der Waals surface area contributed by atoms with Crippen LogP contribution in [-0.4, -0.2) is 52.7 Å². The summed E-state index contributed by atoms with van der Waals surface area (Å²) in [6, 6.07) is 6.15. The number of ether oxygens (including phenoxy) is 1. The van der Waals surface area contributed by atoms with Gasteiger partial charge in [-0.2, -0.15) is 5.10 Å². The number of hydrogen-bond acceptors (Lipinski definition) is 4. The molecule has 0 unspecified atom stereocenters. The summed E-state index contributed by atoms with van der Waals surface area (Å²) >= 11 is 0. The van der Waals surface area contributed by atoms with Crippen molar-refractivity contribution in [3.05, 3.63) is 47.3 Å². The summed E-state index contributed by atoms with van der Waals surface area (Å²) in [5, 5.41) is 6.99. The Kier molecular flexibility index (Phi) is 7.13. The number of carbonyl (C=O) groups excluding carboxylic acids is 2. The van der Waals surface area contributed by atoms with Gasteiger partial charge >= 0.3 is 0 Å². The van der Waals surface area contributed by atoms with E-state index in [1.807, 2.05) is 17.9 Å². The number of nitrogens with one attached hydrogen (secondary N) is 1. The summed E-state index contributed by atoms with van der Waals surface area (Å²) in [5.41, 5.74) is 2.81. The zero-order chi connectivity index (χ0) is 21.7. The first-order valence-electron chi connectivity index (χ1n) is 10.6. The molecule has 0 atom stereocenters. The number of aromatic nitrogens is 2. The smallest absolute Gasteiger partial charge is 0.260 e. The molecule has 7 heteroatoms. The highest BCUT2D eigenvalue weighted by Gasteiger charge is 2.24. The van der Waals surface area contributed by atoms with E-state index in [1.165, 1.54) is 0 Å². The number of aryl methyl sites for hydroxylation is 2. The summed E-state index contributed by atoms with van der Waals surface area (Å²) in [7, 11) is 1.79. The van der Waals surface area contributed by atoms with Crippen LogP contribution in [0, 0.1) is 12.8 Å². The second-order valence-electron chi connectivity index (χ2n) is 8.42. The Balaban J connectivity index is 1.43. The molecule has 1 aromatic carbocycles. The highest BCUT2D eigenvalue weighted by molar-refractivity contribution is 5.93. The van der Waals surface area contributed by atoms with E-state index in [9.17, 15) is 9.59 Å². The lowest BCUT2D eigenvalue weighted by molar-refractivity contribution is -0.134. The third-order valence-electron chi connectivity index (χ3n) is 5.63. The zero-order valence-corrected chi connectivity index (χ0v) is 18.4. The van der Waals surface area contributed by atoms with Gasteiger partial charge in [-0.05, 0) is 48.8 Å². The molecule has 1 saturated heterocycles. The van der Waals surface area contributed by atoms with Crippen LogP contribution >= 0.6 is 0 Å². The minimum absolute atomic E-state index is 0.0176. The van der Waals surface area contributed by atoms with E-state index in [0.29, 0.717) is 37.0 Å². The Bertz CT molecular complexity index is 882. The summed E-state index contributed by atoms with van der Waals surface area (Å²) in [6.45, 7) is 8.34. The fraction of sp³-hybridized carbons (Fsp3) is 0.522. The molecule has 2 heterocycles. The molecule has 1 N–H and O–H groups in total. The summed E-state index contributed by atoms with van der Waals surface area (Å²) in [4.78, 5) is 26.6. The van der Waals surface area contributed by atoms with Crippen molar-refractivity contribution in [1.29, 1.82) is 0 Å². The molecule has 2 amide bonds. The molecule has 7 nitrogen and oxygen atoms in total. The third kappa shape index (κ3) is 5.62. The molecule has 30 heavy (non-hydrogen) atoms. The predicted octanol–water partition coefficient (Wildman–Crippen LogP) is 2.90. The van der Waals surface area contributed by atoms with Crippen LogP contribution in [0.5, 0.6) is 5.75 Å². The molecule has 1 aliphatic rings. The first kappa shape index (κ1) is 21.9. The fourth-order valence-electron chi connectivity index (χ4n) is 3.74. The fourth-order valence-corrected chi connectivity index (χ4v) is 3.74. The van der Waals surface area contributed by atoms with Gasteiger partial charge in [-0.3, -0.25) is 14.3 Å². The van der Waals surface area contributed by atoms with Gasteiger partial charge in [0.2, 0.25) is 0 Å². The number of likely N-dealkylation sites (tertiary alicyclic amines) is 1. The quantitative estimate of drug-likeness (QED) is 0.759. The van der Waals surface area contributed by atoms with Crippen LogP contribution in [0.1, 0.15) is 54.1 Å². The van der Waals surface area contributed by atoms with Gasteiger partial charge in [0, 0.05) is 32.9 Å². The zero-order valence-electron chi connectivity index (χ0n) is 18.4. The minimum atomic E-state index is -0.103. The number of rotatable bonds is 7. The minimum Gasteiger partial charge on any atom is -0.483 e. The number of piperidine rings is 1. The van der Waals surface area contributed by atoms with Crippen molar-refractivity contribution in [3.8, 4) is 5.75 Å². The highest BCUT2D eigenvalue weighted by atomic mass is 16.5. The molecular formula is C23H32N4O3. The van der Waals surface area contributed by atoms with E-state index < -0.39 is 0 Å². The van der Waals surface area contributed by atoms with Crippen LogP contribution < -0.4 is 10.1 Å². The largest absolute Gasteiger partial charge is 0.483 e. The maximum atomic E-state index is 12.6. The molecule has 1 aliphatic heterocycles. The van der Waals surface area contributed by atoms with Crippen LogP contribution in [0.3, 0.4) is 0 Å². The van der Waals surface area contributed by atoms with Crippen molar-refractivity contribution < 1.29 is 14.3 Å². The average Bonchev–Trinajstić information content (AvgIpc) is 3.17.